The van der Waals surface area contributed by atoms with E-state index in [1.165, 1.54) is 12.4 Å². The number of rotatable bonds is 3. The van der Waals surface area contributed by atoms with E-state index in [4.69, 9.17) is 16.3 Å². The number of carbonyl (C=O) groups excluding carboxylic acids is 1. The number of carbonyl (C=O) groups is 1. The summed E-state index contributed by atoms with van der Waals surface area (Å²) in [4.78, 5) is 22.6. The summed E-state index contributed by atoms with van der Waals surface area (Å²) in [7, 11) is 0. The Morgan fingerprint density at radius 2 is 1.88 bits per heavy atom. The van der Waals surface area contributed by atoms with Gasteiger partial charge >= 0.3 is 6.01 Å². The first kappa shape index (κ1) is 16.2. The number of likely N-dealkylation sites (tertiary alicyclic amines) is 1. The maximum Gasteiger partial charge on any atom is 0.316 e. The van der Waals surface area contributed by atoms with Gasteiger partial charge < -0.3 is 9.64 Å². The number of piperidine rings is 1. The molecule has 0 atom stereocenters. The van der Waals surface area contributed by atoms with Gasteiger partial charge in [-0.1, -0.05) is 11.6 Å². The van der Waals surface area contributed by atoms with Gasteiger partial charge in [0.2, 0.25) is 0 Å². The van der Waals surface area contributed by atoms with Crippen molar-refractivity contribution in [3.05, 3.63) is 41.2 Å². The number of hydrogen-bond donors (Lipinski definition) is 0. The lowest BCUT2D eigenvalue weighted by Crippen LogP contribution is -2.41. The Kier molecular flexibility index (Phi) is 4.46. The fourth-order valence-electron chi connectivity index (χ4n) is 2.78. The van der Waals surface area contributed by atoms with Gasteiger partial charge in [0.15, 0.2) is 0 Å². The van der Waals surface area contributed by atoms with Gasteiger partial charge in [0.25, 0.3) is 5.91 Å². The van der Waals surface area contributed by atoms with E-state index in [0.29, 0.717) is 29.7 Å². The van der Waals surface area contributed by atoms with Gasteiger partial charge in [-0.15, -0.1) is 0 Å². The summed E-state index contributed by atoms with van der Waals surface area (Å²) in [5.74, 6) is 0.0103. The summed E-state index contributed by atoms with van der Waals surface area (Å²) in [6, 6.07) is 5.75. The second-order valence-corrected chi connectivity index (χ2v) is 6.73. The number of hydrogen-bond acceptors (Lipinski definition) is 7. The summed E-state index contributed by atoms with van der Waals surface area (Å²) in [5, 5.41) is 0.472. The molecule has 2 aromatic heterocycles. The Balaban J connectivity index is 1.37. The van der Waals surface area contributed by atoms with Crippen molar-refractivity contribution >= 4 is 40.3 Å². The topological polar surface area (TPSA) is 81.1 Å². The minimum Gasteiger partial charge on any atom is -0.460 e. The predicted molar refractivity (Wildman–Crippen MR) is 94.0 cm³/mol. The van der Waals surface area contributed by atoms with Crippen molar-refractivity contribution in [3.8, 4) is 6.01 Å². The Labute approximate surface area is 152 Å². The second kappa shape index (κ2) is 6.89. The minimum atomic E-state index is -0.00422. The molecule has 0 saturated carbocycles. The van der Waals surface area contributed by atoms with Gasteiger partial charge in [0, 0.05) is 31.5 Å². The molecule has 4 rings (SSSR count). The number of benzene rings is 1. The third kappa shape index (κ3) is 3.54. The third-order valence-electron chi connectivity index (χ3n) is 4.10. The summed E-state index contributed by atoms with van der Waals surface area (Å²) in [6.07, 6.45) is 4.48. The van der Waals surface area contributed by atoms with E-state index < -0.39 is 0 Å². The Morgan fingerprint density at radius 1 is 1.16 bits per heavy atom. The maximum absolute atomic E-state index is 12.7. The van der Waals surface area contributed by atoms with Gasteiger partial charge in [-0.05, 0) is 18.2 Å². The normalized spacial score (nSPS) is 15.5. The zero-order chi connectivity index (χ0) is 17.2. The molecule has 1 aliphatic rings. The van der Waals surface area contributed by atoms with Crippen LogP contribution in [0.4, 0.5) is 0 Å². The number of ether oxygens (including phenoxy) is 1. The highest BCUT2D eigenvalue weighted by molar-refractivity contribution is 7.00. The quantitative estimate of drug-likeness (QED) is 0.700. The average Bonchev–Trinajstić information content (AvgIpc) is 3.11. The lowest BCUT2D eigenvalue weighted by atomic mass is 10.1. The van der Waals surface area contributed by atoms with Crippen molar-refractivity contribution in [3.63, 3.8) is 0 Å². The highest BCUT2D eigenvalue weighted by atomic mass is 35.5. The van der Waals surface area contributed by atoms with Crippen LogP contribution in [-0.2, 0) is 0 Å². The molecule has 1 fully saturated rings. The zero-order valence-electron chi connectivity index (χ0n) is 13.1. The first-order chi connectivity index (χ1) is 12.2. The fourth-order valence-corrected chi connectivity index (χ4v) is 3.40. The maximum atomic E-state index is 12.7. The Morgan fingerprint density at radius 3 is 2.64 bits per heavy atom. The molecular weight excluding hydrogens is 362 g/mol. The van der Waals surface area contributed by atoms with Crippen LogP contribution in [-0.4, -0.2) is 48.7 Å². The highest BCUT2D eigenvalue weighted by Gasteiger charge is 2.25. The van der Waals surface area contributed by atoms with Crippen LogP contribution in [0.1, 0.15) is 23.2 Å². The molecule has 1 aliphatic heterocycles. The standard InChI is InChI=1S/C16H14ClN5O2S/c17-11-8-18-16(19-9-11)24-12-3-5-22(6-4-12)15(23)10-1-2-13-14(7-10)21-25-20-13/h1-2,7-9,12H,3-6H2. The summed E-state index contributed by atoms with van der Waals surface area (Å²) >= 11 is 6.91. The van der Waals surface area contributed by atoms with E-state index in [1.807, 2.05) is 11.0 Å². The molecule has 7 nitrogen and oxygen atoms in total. The van der Waals surface area contributed by atoms with Gasteiger partial charge in [-0.2, -0.15) is 8.75 Å². The van der Waals surface area contributed by atoms with Gasteiger partial charge in [-0.3, -0.25) is 4.79 Å². The monoisotopic (exact) mass is 375 g/mol. The molecular formula is C16H14ClN5O2S. The fraction of sp³-hybridized carbons (Fsp3) is 0.312. The van der Waals surface area contributed by atoms with E-state index in [1.54, 1.807) is 12.1 Å². The van der Waals surface area contributed by atoms with Crippen molar-refractivity contribution in [2.45, 2.75) is 18.9 Å². The molecule has 128 valence electrons. The second-order valence-electron chi connectivity index (χ2n) is 5.76. The lowest BCUT2D eigenvalue weighted by molar-refractivity contribution is 0.0579. The van der Waals surface area contributed by atoms with Crippen LogP contribution in [0, 0.1) is 0 Å². The average molecular weight is 376 g/mol. The molecule has 1 saturated heterocycles. The summed E-state index contributed by atoms with van der Waals surface area (Å²) < 4.78 is 14.1. The molecule has 0 bridgehead atoms. The highest BCUT2D eigenvalue weighted by Crippen LogP contribution is 2.20. The van der Waals surface area contributed by atoms with E-state index in [9.17, 15) is 4.79 Å². The van der Waals surface area contributed by atoms with E-state index in [-0.39, 0.29) is 12.0 Å². The van der Waals surface area contributed by atoms with Crippen molar-refractivity contribution in [1.82, 2.24) is 23.6 Å². The molecule has 25 heavy (non-hydrogen) atoms. The molecule has 0 radical (unpaired) electrons. The molecule has 1 amide bonds. The number of fused-ring (bicyclic) bond motifs is 1. The van der Waals surface area contributed by atoms with Crippen LogP contribution < -0.4 is 4.74 Å². The molecule has 0 aliphatic carbocycles. The van der Waals surface area contributed by atoms with Crippen LogP contribution in [0.5, 0.6) is 6.01 Å². The van der Waals surface area contributed by atoms with Crippen LogP contribution in [0.3, 0.4) is 0 Å². The SMILES string of the molecule is O=C(c1ccc2nsnc2c1)N1CCC(Oc2ncc(Cl)cn2)CC1. The molecule has 3 heterocycles. The van der Waals surface area contributed by atoms with Crippen molar-refractivity contribution < 1.29 is 9.53 Å². The summed E-state index contributed by atoms with van der Waals surface area (Å²) in [5.41, 5.74) is 2.21. The summed E-state index contributed by atoms with van der Waals surface area (Å²) in [6.45, 7) is 1.26. The van der Waals surface area contributed by atoms with Crippen molar-refractivity contribution in [2.75, 3.05) is 13.1 Å². The Hall–Kier alpha value is -2.32. The number of amides is 1. The third-order valence-corrected chi connectivity index (χ3v) is 4.85. The van der Waals surface area contributed by atoms with E-state index in [0.717, 1.165) is 35.6 Å². The number of halogens is 1. The smallest absolute Gasteiger partial charge is 0.316 e. The lowest BCUT2D eigenvalue weighted by Gasteiger charge is -2.31. The van der Waals surface area contributed by atoms with Gasteiger partial charge in [0.05, 0.1) is 29.1 Å². The van der Waals surface area contributed by atoms with E-state index in [2.05, 4.69) is 18.7 Å². The van der Waals surface area contributed by atoms with Crippen LogP contribution in [0.2, 0.25) is 5.02 Å². The van der Waals surface area contributed by atoms with Crippen molar-refractivity contribution in [1.29, 1.82) is 0 Å². The Bertz CT molecular complexity index is 893. The van der Waals surface area contributed by atoms with Gasteiger partial charge in [-0.25, -0.2) is 9.97 Å². The number of aromatic nitrogens is 4. The van der Waals surface area contributed by atoms with Crippen LogP contribution in [0.25, 0.3) is 11.0 Å². The molecule has 0 spiro atoms. The molecule has 9 heteroatoms. The van der Waals surface area contributed by atoms with Crippen LogP contribution in [0.15, 0.2) is 30.6 Å². The van der Waals surface area contributed by atoms with E-state index >= 15 is 0 Å². The molecule has 0 unspecified atom stereocenters. The first-order valence-electron chi connectivity index (χ1n) is 7.85. The minimum absolute atomic E-state index is 0.00422. The van der Waals surface area contributed by atoms with Crippen molar-refractivity contribution in [2.24, 2.45) is 0 Å². The first-order valence-corrected chi connectivity index (χ1v) is 8.96. The van der Waals surface area contributed by atoms with Crippen LogP contribution >= 0.6 is 23.3 Å². The number of nitrogens with zero attached hydrogens (tertiary/aromatic N) is 5. The van der Waals surface area contributed by atoms with Gasteiger partial charge in [0.1, 0.15) is 17.1 Å². The molecule has 0 N–H and O–H groups in total. The zero-order valence-corrected chi connectivity index (χ0v) is 14.7. The molecule has 1 aromatic carbocycles. The predicted octanol–water partition coefficient (Wildman–Crippen LogP) is 2.82. The largest absolute Gasteiger partial charge is 0.460 e. The molecule has 3 aromatic rings.